The molecule has 0 aromatic carbocycles. The summed E-state index contributed by atoms with van der Waals surface area (Å²) in [5.74, 6) is -4.67. The third-order valence-corrected chi connectivity index (χ3v) is 42.1. The van der Waals surface area contributed by atoms with E-state index in [2.05, 4.69) is 63.5 Å². The lowest BCUT2D eigenvalue weighted by atomic mass is 9.47. The molecule has 4 aromatic heterocycles. The zero-order valence-corrected chi connectivity index (χ0v) is 77.9. The molecular weight excluding hydrogens is 1670 g/mol. The number of nitrogens with zero attached hydrogens (tertiary/aromatic N) is 12. The molecule has 24 rings (SSSR count). The lowest BCUT2D eigenvalue weighted by molar-refractivity contribution is -0.146. The number of ether oxygens (including phenoxy) is 1. The largest absolute Gasteiger partial charge is 0.462 e. The maximum atomic E-state index is 15.1. The van der Waals surface area contributed by atoms with Gasteiger partial charge in [-0.2, -0.15) is 35.2 Å². The minimum atomic E-state index is -2.75. The van der Waals surface area contributed by atoms with Gasteiger partial charge in [0.2, 0.25) is 0 Å². The molecule has 28 heteroatoms. The Bertz CT molecular complexity index is 5080. The van der Waals surface area contributed by atoms with Crippen LogP contribution < -0.4 is 0 Å². The van der Waals surface area contributed by atoms with Gasteiger partial charge in [-0.3, -0.25) is 28.5 Å². The van der Waals surface area contributed by atoms with Crippen molar-refractivity contribution in [2.45, 2.75) is 322 Å². The van der Waals surface area contributed by atoms with E-state index in [0.717, 1.165) is 183 Å². The fraction of sp³-hybridized carbons (Fsp3) is 0.853. The maximum Gasteiger partial charge on any atom is 0.341 e. The van der Waals surface area contributed by atoms with Crippen LogP contribution in [0.1, 0.15) is 270 Å². The Morgan fingerprint density at radius 1 is 0.415 bits per heavy atom. The lowest BCUT2D eigenvalue weighted by Crippen LogP contribution is -2.53. The number of carbonyl (C=O) groups excluding carboxylic acids is 5. The number of carbonyl (C=O) groups is 5. The summed E-state index contributed by atoms with van der Waals surface area (Å²) in [6.07, 6.45) is 36.5. The van der Waals surface area contributed by atoms with Gasteiger partial charge >= 0.3 is 5.97 Å². The first-order valence-electron chi connectivity index (χ1n) is 50.8. The number of aromatic nitrogens is 11. The number of aliphatic hydroxyl groups is 4. The Morgan fingerprint density at radius 2 is 0.792 bits per heavy atom. The quantitative estimate of drug-likeness (QED) is 0.0673. The Kier molecular flexibility index (Phi) is 21.8. The van der Waals surface area contributed by atoms with Crippen LogP contribution in [0, 0.1) is 229 Å². The van der Waals surface area contributed by atoms with E-state index in [9.17, 15) is 44.4 Å². The second-order valence-corrected chi connectivity index (χ2v) is 49.2. The average molecular weight is 1810 g/mol. The van der Waals surface area contributed by atoms with Gasteiger partial charge in [-0.25, -0.2) is 31.1 Å². The summed E-state index contributed by atoms with van der Waals surface area (Å²) in [7, 11) is 0. The van der Waals surface area contributed by atoms with Crippen LogP contribution in [0.3, 0.4) is 0 Å². The number of ketones is 4. The number of nitriles is 1. The molecule has 22 nitrogen and oxygen atoms in total. The molecule has 40 atom stereocenters. The summed E-state index contributed by atoms with van der Waals surface area (Å²) in [6, 6.07) is 3.50. The zero-order chi connectivity index (χ0) is 91.6. The van der Waals surface area contributed by atoms with Crippen molar-refractivity contribution in [3.63, 3.8) is 0 Å². The number of esters is 1. The number of hydrogen-bond acceptors (Lipinski definition) is 18. The van der Waals surface area contributed by atoms with E-state index >= 15 is 26.3 Å². The van der Waals surface area contributed by atoms with E-state index < -0.39 is 93.4 Å². The topological polar surface area (TPSA) is 309 Å². The smallest absolute Gasteiger partial charge is 0.341 e. The van der Waals surface area contributed by atoms with Gasteiger partial charge in [-0.1, -0.05) is 27.7 Å². The van der Waals surface area contributed by atoms with Gasteiger partial charge in [0.25, 0.3) is 17.8 Å². The van der Waals surface area contributed by atoms with Crippen molar-refractivity contribution in [3.05, 3.63) is 54.1 Å². The van der Waals surface area contributed by atoms with Gasteiger partial charge in [-0.05, 0) is 391 Å². The maximum absolute atomic E-state index is 15.1. The minimum absolute atomic E-state index is 0.00596. The predicted octanol–water partition coefficient (Wildman–Crippen LogP) is 16.6. The Balaban J connectivity index is 0.000000105. The number of Topliss-reactive ketones (excluding diaryl/α,β-unsaturated/α-hetero) is 4. The second kappa shape index (κ2) is 31.4. The molecule has 4 heterocycles. The molecule has 0 unspecified atom stereocenters. The van der Waals surface area contributed by atoms with Crippen LogP contribution in [-0.4, -0.2) is 151 Å². The van der Waals surface area contributed by atoms with Gasteiger partial charge in [0.1, 0.15) is 19.2 Å². The summed E-state index contributed by atoms with van der Waals surface area (Å²) >= 11 is 0. The first-order chi connectivity index (χ1) is 61.4. The number of tetrazole rings is 1. The van der Waals surface area contributed by atoms with Crippen molar-refractivity contribution in [2.24, 2.45) is 211 Å². The molecule has 0 amide bonds. The van der Waals surface area contributed by atoms with E-state index in [1.54, 1.807) is 36.3 Å². The van der Waals surface area contributed by atoms with Gasteiger partial charge in [0.15, 0.2) is 35.2 Å². The Hall–Kier alpha value is -6.31. The third-order valence-electron chi connectivity index (χ3n) is 42.1. The molecule has 20 saturated carbocycles. The molecule has 0 radical (unpaired) electrons. The highest BCUT2D eigenvalue weighted by molar-refractivity contribution is 5.89. The van der Waals surface area contributed by atoms with Gasteiger partial charge in [0.05, 0.1) is 65.8 Å². The van der Waals surface area contributed by atoms with Crippen LogP contribution in [0.25, 0.3) is 0 Å². The van der Waals surface area contributed by atoms with Crippen molar-refractivity contribution in [2.75, 3.05) is 6.61 Å². The van der Waals surface area contributed by atoms with Crippen LogP contribution in [0.2, 0.25) is 0 Å². The summed E-state index contributed by atoms with van der Waals surface area (Å²) < 4.78 is 98.7. The molecule has 20 fully saturated rings. The Morgan fingerprint density at radius 3 is 1.17 bits per heavy atom. The molecule has 4 N–H and O–H groups in total. The van der Waals surface area contributed by atoms with E-state index in [4.69, 9.17) is 10.00 Å². The zero-order valence-electron chi connectivity index (χ0n) is 77.9. The first-order valence-corrected chi connectivity index (χ1v) is 50.8. The number of fused-ring (bicyclic) bond motifs is 28. The van der Waals surface area contributed by atoms with Crippen LogP contribution in [0.5, 0.6) is 0 Å². The number of rotatable bonds is 14. The minimum Gasteiger partial charge on any atom is -0.462 e. The van der Waals surface area contributed by atoms with Gasteiger partial charge < -0.3 is 25.2 Å². The standard InChI is InChI=1S/C28H40N2O4.C26H33F2N3O2.C25H35F2N3O2.C23H32F2N4O2/c1-4-34-26(32)17-13-29-30(14-17)15-23(31)25-22-11-21(22)24-20-6-5-16-12-27(2,33)9-7-18(16)19(20)8-10-28(24,25)3;1-24(33)8-5-16-14(11-24)3-4-18-17(16)6-9-25(2)20(18)22-23(26(22,27)28)21(25)19(32)13-31-10-7-15(12-29)30-31;1-13-11-28-30(29-13)12-18(31)20-22-21(25(22,26)27)19-17-5-4-14-10-23(2,32)8-6-15(14)16(17)7-9-24(19,20)3;1-21(31)7-5-13-12(9-21)3-4-15-14(13)6-8-22(2)17(15)19-20(23(19,24)25)18(22)16(30)10-29-27-11-26-28-29/h13-14,16,18-22,24-25,33H,4-12,15H2,1-3H3;7,10,14,16-18,20-23,33H,3-6,8-9,11,13H2,1-2H3;11,14-17,19-22,32H,4-10,12H2,1-3H3;11-15,17-20,31H,3-10H2,1-2H3/t16-,18+,19-,20-,21-,22+,24-,25-,27-,28+;14-,16+,17-,18-,20-,21+,22+,23-,24-,25+;14-,15+,16-,17-,19-,20+,21+,22-,23-,24+;12-,13+,14-,15-,17-,18+,19+,20-,21-,22+/m1111/s1. The normalized spacial score (nSPS) is 49.5. The summed E-state index contributed by atoms with van der Waals surface area (Å²) in [5, 5.41) is 79.5. The molecule has 0 saturated heterocycles. The SMILES string of the molecule is CCOC(=O)c1cnn(CC(=O)[C@H]2[C@H]3C[C@H]3[C@H]3[C@@H]4CC[C@@H]5C[C@](C)(O)CC[C@@H]5[C@H]4CC[C@@]32C)c1.C[C@@]1(O)CC[C@H]2[C@H](CC[C@@H]3[C@@H]2CC[C@@]2(C)[C@H]3[C@H]3[C@@H]([C@@H]2C(=O)Cn2ccc(C#N)n2)C3(F)F)C1.C[C@@]1(O)CC[C@H]2[C@H](CC[C@@H]3[C@@H]2CC[C@@]2(C)[C@H]3[C@H]3[C@@H]([C@@H]2C(=O)Cn2ncnn2)C3(F)F)C1.Cc1cnn(CC(=O)[C@H]2[C@@H]3[C@H]([C@H]4[C@@H]5CC[C@@H]6C[C@](C)(O)CC[C@@H]6[C@H]5CC[C@@]42C)C3(F)F)n1. The molecular formula is C102H140F6N12O10. The summed E-state index contributed by atoms with van der Waals surface area (Å²) in [6.45, 7) is 20.7. The van der Waals surface area contributed by atoms with E-state index in [-0.39, 0.29) is 112 Å². The summed E-state index contributed by atoms with van der Waals surface area (Å²) in [4.78, 5) is 68.4. The Labute approximate surface area is 760 Å². The lowest BCUT2D eigenvalue weighted by Gasteiger charge is -2.57. The van der Waals surface area contributed by atoms with Crippen molar-refractivity contribution < 1.29 is 75.5 Å². The van der Waals surface area contributed by atoms with E-state index in [0.29, 0.717) is 94.9 Å². The molecule has 0 spiro atoms. The number of aryl methyl sites for hydroxylation is 1. The van der Waals surface area contributed by atoms with Crippen molar-refractivity contribution in [1.82, 2.24) is 54.8 Å². The van der Waals surface area contributed by atoms with Crippen molar-refractivity contribution in [3.8, 4) is 6.07 Å². The van der Waals surface area contributed by atoms with Crippen molar-refractivity contribution in [1.29, 1.82) is 5.26 Å². The number of alkyl halides is 6. The van der Waals surface area contributed by atoms with E-state index in [1.807, 2.05) is 40.7 Å². The number of hydrogen-bond donors (Lipinski definition) is 4. The number of halogens is 6. The monoisotopic (exact) mass is 1810 g/mol. The first kappa shape index (κ1) is 90.2. The third kappa shape index (κ3) is 14.6. The summed E-state index contributed by atoms with van der Waals surface area (Å²) in [5.41, 5.74) is -1.81. The highest BCUT2D eigenvalue weighted by Crippen LogP contribution is 2.84. The van der Waals surface area contributed by atoms with Gasteiger partial charge in [0, 0.05) is 71.6 Å². The van der Waals surface area contributed by atoms with Crippen molar-refractivity contribution >= 4 is 29.1 Å². The van der Waals surface area contributed by atoms with Gasteiger partial charge in [-0.15, -0.1) is 10.2 Å². The van der Waals surface area contributed by atoms with Crippen LogP contribution in [0.15, 0.2) is 37.2 Å². The molecule has 0 aliphatic heterocycles. The molecule has 130 heavy (non-hydrogen) atoms. The molecule has 4 aromatic rings. The molecule has 0 bridgehead atoms. The average Bonchev–Trinajstić information content (AvgIpc) is 1.49. The van der Waals surface area contributed by atoms with Crippen LogP contribution in [0.4, 0.5) is 26.3 Å². The molecule has 20 aliphatic rings. The predicted molar refractivity (Wildman–Crippen MR) is 463 cm³/mol. The highest BCUT2D eigenvalue weighted by atomic mass is 19.3. The fourth-order valence-electron chi connectivity index (χ4n) is 37.6. The van der Waals surface area contributed by atoms with E-state index in [1.165, 1.54) is 58.9 Å². The molecule has 20 aliphatic carbocycles. The highest BCUT2D eigenvalue weighted by Gasteiger charge is 2.88. The van der Waals surface area contributed by atoms with Crippen LogP contribution in [-0.2, 0) is 50.1 Å². The van der Waals surface area contributed by atoms with Crippen LogP contribution >= 0.6 is 0 Å². The molecule has 710 valence electrons. The fourth-order valence-corrected chi connectivity index (χ4v) is 37.6. The second-order valence-electron chi connectivity index (χ2n) is 49.2.